The third-order valence-electron chi connectivity index (χ3n) is 13.5. The molecule has 0 bridgehead atoms. The van der Waals surface area contributed by atoms with Crippen molar-refractivity contribution in [1.82, 2.24) is 30.0 Å². The van der Waals surface area contributed by atoms with Gasteiger partial charge in [0.2, 0.25) is 17.8 Å². The van der Waals surface area contributed by atoms with Crippen LogP contribution in [0, 0.1) is 5.92 Å². The van der Waals surface area contributed by atoms with E-state index < -0.39 is 23.8 Å². The van der Waals surface area contributed by atoms with Crippen LogP contribution in [0.3, 0.4) is 0 Å². The number of imide groups is 2. The van der Waals surface area contributed by atoms with E-state index in [0.29, 0.717) is 39.9 Å². The van der Waals surface area contributed by atoms with Crippen LogP contribution in [0.15, 0.2) is 66.9 Å². The molecule has 6 heterocycles. The van der Waals surface area contributed by atoms with Gasteiger partial charge >= 0.3 is 0 Å². The van der Waals surface area contributed by atoms with E-state index in [0.717, 1.165) is 118 Å². The van der Waals surface area contributed by atoms with Crippen LogP contribution in [0.25, 0.3) is 0 Å². The zero-order valence-electron chi connectivity index (χ0n) is 36.7. The maximum absolute atomic E-state index is 13.7. The Bertz CT molecular complexity index is 2410. The van der Waals surface area contributed by atoms with Crippen molar-refractivity contribution in [2.75, 3.05) is 99.8 Å². The van der Waals surface area contributed by atoms with E-state index in [1.54, 1.807) is 19.4 Å². The van der Waals surface area contributed by atoms with Crippen molar-refractivity contribution in [2.24, 2.45) is 5.92 Å². The number of piperidine rings is 3. The molecule has 0 aliphatic carbocycles. The first kappa shape index (κ1) is 43.9. The molecule has 0 saturated carbocycles. The number of amides is 4. The van der Waals surface area contributed by atoms with Crippen LogP contribution < -0.4 is 35.8 Å². The minimum Gasteiger partial charge on any atom is -0.494 e. The van der Waals surface area contributed by atoms with E-state index in [-0.39, 0.29) is 26.7 Å². The van der Waals surface area contributed by atoms with Gasteiger partial charge in [-0.25, -0.2) is 4.98 Å². The van der Waals surface area contributed by atoms with Crippen LogP contribution >= 0.6 is 19.5 Å². The van der Waals surface area contributed by atoms with E-state index in [1.165, 1.54) is 5.30 Å². The fraction of sp³-hybridized carbons (Fsp3) is 0.447. The van der Waals surface area contributed by atoms with E-state index in [1.807, 2.05) is 36.4 Å². The maximum Gasteiger partial charge on any atom is 0.264 e. The normalized spacial score (nSPS) is 20.5. The molecular weight excluding hydrogens is 851 g/mol. The lowest BCUT2D eigenvalue weighted by Crippen LogP contribution is -2.54. The highest BCUT2D eigenvalue weighted by atomic mass is 35.5. The number of fused-ring (bicyclic) bond motifs is 1. The first-order valence-electron chi connectivity index (χ1n) is 22.4. The number of carbonyl (C=O) groups is 4. The Hall–Kier alpha value is -5.34. The molecule has 4 fully saturated rings. The largest absolute Gasteiger partial charge is 0.494 e. The number of nitrogens with one attached hydrogen (secondary N) is 3. The number of ether oxygens (including phenoxy) is 1. The molecule has 4 saturated heterocycles. The Morgan fingerprint density at radius 3 is 2.30 bits per heavy atom. The second-order valence-electron chi connectivity index (χ2n) is 17.6. The first-order chi connectivity index (χ1) is 31.0. The molecule has 3 aromatic carbocycles. The average Bonchev–Trinajstić information content (AvgIpc) is 3.56. The number of halogens is 1. The molecule has 17 heteroatoms. The molecule has 5 aliphatic heterocycles. The van der Waals surface area contributed by atoms with Crippen molar-refractivity contribution >= 4 is 83.0 Å². The summed E-state index contributed by atoms with van der Waals surface area (Å²) < 4.78 is 5.85. The summed E-state index contributed by atoms with van der Waals surface area (Å²) in [5.74, 6) is 0.357. The highest BCUT2D eigenvalue weighted by Crippen LogP contribution is 2.38. The standard InChI is InChI=1S/C47H56ClN10O5P/c1-63-39-27-32(11-12-35(39)51-47-49-28-34(48)43(53-47)50-36-8-4-5-10-40(36)64(2)3)55-21-17-31(18-22-55)56-25-23-54(24-26-56)29-30-15-19-57(20-16-30)37-9-6-7-33-42(37)46(62)58(45(33)61)38-13-14-41(59)52-44(38)60/h4-12,27-28,30-31,38H,13-26,29H2,1-3H3,(H,52,59,60)(H2,49,50,51,53). The number of carbonyl (C=O) groups excluding carboxylic acids is 4. The monoisotopic (exact) mass is 906 g/mol. The van der Waals surface area contributed by atoms with Crippen molar-refractivity contribution in [3.63, 3.8) is 0 Å². The van der Waals surface area contributed by atoms with Gasteiger partial charge in [-0.3, -0.25) is 34.3 Å². The van der Waals surface area contributed by atoms with Gasteiger partial charge in [-0.2, -0.15) is 4.98 Å². The second-order valence-corrected chi connectivity index (χ2v) is 20.2. The number of methoxy groups -OCH3 is 1. The van der Waals surface area contributed by atoms with Crippen LogP contribution in [0.2, 0.25) is 5.02 Å². The summed E-state index contributed by atoms with van der Waals surface area (Å²) >= 11 is 6.54. The molecular formula is C47H56ClN10O5P. The molecule has 15 nitrogen and oxygen atoms in total. The van der Waals surface area contributed by atoms with E-state index in [4.69, 9.17) is 21.3 Å². The summed E-state index contributed by atoms with van der Waals surface area (Å²) in [5.41, 5.74) is 4.36. The number of aromatic nitrogens is 2. The minimum atomic E-state index is -0.968. The molecule has 1 unspecified atom stereocenters. The summed E-state index contributed by atoms with van der Waals surface area (Å²) in [7, 11) is 1.36. The average molecular weight is 907 g/mol. The van der Waals surface area contributed by atoms with Gasteiger partial charge in [-0.05, 0) is 87.0 Å². The van der Waals surface area contributed by atoms with Crippen LogP contribution in [0.5, 0.6) is 5.75 Å². The lowest BCUT2D eigenvalue weighted by atomic mass is 9.94. The van der Waals surface area contributed by atoms with E-state index in [2.05, 4.69) is 72.1 Å². The number of benzene rings is 3. The van der Waals surface area contributed by atoms with Crippen LogP contribution in [-0.4, -0.2) is 140 Å². The summed E-state index contributed by atoms with van der Waals surface area (Å²) in [6.07, 6.45) is 6.08. The fourth-order valence-corrected chi connectivity index (χ4v) is 11.1. The Morgan fingerprint density at radius 1 is 0.812 bits per heavy atom. The third-order valence-corrected chi connectivity index (χ3v) is 15.1. The van der Waals surface area contributed by atoms with Gasteiger partial charge in [-0.1, -0.05) is 43.8 Å². The van der Waals surface area contributed by atoms with Gasteiger partial charge < -0.3 is 30.1 Å². The topological polar surface area (TPSA) is 156 Å². The lowest BCUT2D eigenvalue weighted by molar-refractivity contribution is -0.136. The van der Waals surface area contributed by atoms with Crippen molar-refractivity contribution in [3.05, 3.63) is 83.0 Å². The highest BCUT2D eigenvalue weighted by Gasteiger charge is 2.46. The Morgan fingerprint density at radius 2 is 1.56 bits per heavy atom. The predicted molar refractivity (Wildman–Crippen MR) is 253 cm³/mol. The molecule has 4 amide bonds. The van der Waals surface area contributed by atoms with Crippen molar-refractivity contribution in [2.45, 2.75) is 50.6 Å². The quantitative estimate of drug-likeness (QED) is 0.114. The number of nitrogens with zero attached hydrogens (tertiary/aromatic N) is 7. The van der Waals surface area contributed by atoms with Gasteiger partial charge in [0, 0.05) is 88.8 Å². The van der Waals surface area contributed by atoms with Gasteiger partial charge in [-0.15, -0.1) is 0 Å². The molecule has 3 N–H and O–H groups in total. The molecule has 9 rings (SSSR count). The molecule has 0 radical (unpaired) electrons. The van der Waals surface area contributed by atoms with Crippen molar-refractivity contribution in [3.8, 4) is 5.75 Å². The molecule has 64 heavy (non-hydrogen) atoms. The Kier molecular flexibility index (Phi) is 13.0. The van der Waals surface area contributed by atoms with Crippen LogP contribution in [-0.2, 0) is 9.59 Å². The zero-order chi connectivity index (χ0) is 44.5. The SMILES string of the molecule is COc1cc(N2CCC(N3CCN(CC4CCN(c5cccc6c5C(=O)N(C5CCC(=O)NC5=O)C6=O)CC4)CC3)CC2)ccc1Nc1ncc(Cl)c(Nc2ccccc2P(C)C)n1. The number of piperazine rings is 1. The highest BCUT2D eigenvalue weighted by molar-refractivity contribution is 7.64. The number of para-hydroxylation sites is 1. The van der Waals surface area contributed by atoms with Gasteiger partial charge in [0.25, 0.3) is 11.8 Å². The van der Waals surface area contributed by atoms with E-state index >= 15 is 0 Å². The summed E-state index contributed by atoms with van der Waals surface area (Å²) in [5, 5.41) is 10.7. The summed E-state index contributed by atoms with van der Waals surface area (Å²) in [6.45, 7) is 13.3. The molecule has 1 aromatic heterocycles. The van der Waals surface area contributed by atoms with Crippen LogP contribution in [0.1, 0.15) is 59.2 Å². The number of hydrogen-bond donors (Lipinski definition) is 3. The number of rotatable bonds is 12. The Labute approximate surface area is 380 Å². The summed E-state index contributed by atoms with van der Waals surface area (Å²) in [4.78, 5) is 71.6. The van der Waals surface area contributed by atoms with Gasteiger partial charge in [0.1, 0.15) is 16.8 Å². The summed E-state index contributed by atoms with van der Waals surface area (Å²) in [6, 6.07) is 19.5. The fourth-order valence-electron chi connectivity index (χ4n) is 9.99. The smallest absolute Gasteiger partial charge is 0.264 e. The second kappa shape index (κ2) is 19.0. The lowest BCUT2D eigenvalue weighted by Gasteiger charge is -2.44. The molecule has 0 spiro atoms. The third kappa shape index (κ3) is 9.13. The maximum atomic E-state index is 13.7. The predicted octanol–water partition coefficient (Wildman–Crippen LogP) is 5.90. The Balaban J connectivity index is 0.733. The molecule has 4 aromatic rings. The molecule has 5 aliphatic rings. The first-order valence-corrected chi connectivity index (χ1v) is 25.0. The van der Waals surface area contributed by atoms with Crippen molar-refractivity contribution < 1.29 is 23.9 Å². The zero-order valence-corrected chi connectivity index (χ0v) is 38.3. The molecule has 336 valence electrons. The number of anilines is 6. The number of hydrogen-bond acceptors (Lipinski definition) is 13. The van der Waals surface area contributed by atoms with E-state index in [9.17, 15) is 19.2 Å². The van der Waals surface area contributed by atoms with Gasteiger partial charge in [0.15, 0.2) is 5.82 Å². The van der Waals surface area contributed by atoms with Crippen LogP contribution in [0.4, 0.5) is 34.5 Å². The minimum absolute atomic E-state index is 0.101. The van der Waals surface area contributed by atoms with Gasteiger partial charge in [0.05, 0.1) is 35.8 Å². The molecule has 1 atom stereocenters. The van der Waals surface area contributed by atoms with Crippen molar-refractivity contribution in [1.29, 1.82) is 0 Å².